The lowest BCUT2D eigenvalue weighted by molar-refractivity contribution is -0.139. The lowest BCUT2D eigenvalue weighted by Gasteiger charge is -2.28. The third-order valence-electron chi connectivity index (χ3n) is 13.4. The number of nitrogens with two attached hydrogens (primary N) is 1. The van der Waals surface area contributed by atoms with Gasteiger partial charge < -0.3 is 29.8 Å². The highest BCUT2D eigenvalue weighted by Gasteiger charge is 2.52. The minimum Gasteiger partial charge on any atom is -0.484 e. The summed E-state index contributed by atoms with van der Waals surface area (Å²) in [5.74, 6) is -1.42. The number of fused-ring (bicyclic) bond motifs is 3. The first-order valence-electron chi connectivity index (χ1n) is 22.9. The molecule has 2 aromatic carbocycles. The lowest BCUT2D eigenvalue weighted by Crippen LogP contribution is -2.53. The average molecular weight is 896 g/mol. The van der Waals surface area contributed by atoms with Crippen molar-refractivity contribution in [3.8, 4) is 17.0 Å². The molecule has 4 amide bonds. The number of rotatable bonds is 17. The van der Waals surface area contributed by atoms with Gasteiger partial charge in [-0.05, 0) is 100 Å². The highest BCUT2D eigenvalue weighted by Crippen LogP contribution is 2.44. The van der Waals surface area contributed by atoms with Crippen LogP contribution in [0.25, 0.3) is 33.3 Å². The number of pyridine rings is 1. The van der Waals surface area contributed by atoms with Gasteiger partial charge in [-0.1, -0.05) is 82.2 Å². The fraction of sp³-hybridized carbons (Fsp3) is 0.531. The van der Waals surface area contributed by atoms with E-state index in [1.54, 1.807) is 6.92 Å². The maximum absolute atomic E-state index is 14.5. The van der Waals surface area contributed by atoms with E-state index in [4.69, 9.17) is 24.6 Å². The summed E-state index contributed by atoms with van der Waals surface area (Å²) in [7, 11) is -3.65. The number of carbonyl (C=O) groups is 4. The molecule has 4 aromatic rings. The fourth-order valence-electron chi connectivity index (χ4n) is 8.96. The standard InChI is InChI=1S/C49H61N5O9S/c1-48(2,3)32-22-20-30(21-23-32)38-28-41(43-42(51-38)35-17-12-13-19-40(35)63-43)61-34-27-39(44(50)55)54(29-34)46(57)37(52-47(58)62-33-15-10-11-16-33)18-9-7-5-6-8-14-31-26-36(31)45(56)53-64(59,60)49(4)24-25-49/h8,12-14,17,19-23,28,31,33-34,36-37,39H,5-7,9-11,15-16,18,24-27,29H2,1-4H3,(H2,50,55)(H,52,58)(H,53,56)/b14-8-/t31-,34-,36+,37+,39+/m1/s1. The van der Waals surface area contributed by atoms with Gasteiger partial charge in [0.05, 0.1) is 17.0 Å². The molecule has 1 aliphatic heterocycles. The van der Waals surface area contributed by atoms with Crippen LogP contribution in [0.1, 0.15) is 117 Å². The molecule has 342 valence electrons. The second kappa shape index (κ2) is 18.2. The number of carbonyl (C=O) groups excluding carboxylic acids is 4. The fourth-order valence-corrected chi connectivity index (χ4v) is 10.3. The van der Waals surface area contributed by atoms with Gasteiger partial charge in [0, 0.05) is 29.4 Å². The molecule has 0 bridgehead atoms. The molecule has 0 radical (unpaired) electrons. The van der Waals surface area contributed by atoms with Crippen molar-refractivity contribution in [3.63, 3.8) is 0 Å². The Morgan fingerprint density at radius 3 is 2.44 bits per heavy atom. The molecule has 2 aromatic heterocycles. The Labute approximate surface area is 375 Å². The number of likely N-dealkylation sites (tertiary alicyclic amines) is 1. The predicted molar refractivity (Wildman–Crippen MR) is 244 cm³/mol. The zero-order valence-electron chi connectivity index (χ0n) is 37.3. The molecule has 1 saturated heterocycles. The molecule has 5 atom stereocenters. The van der Waals surface area contributed by atoms with Crippen molar-refractivity contribution in [2.24, 2.45) is 17.6 Å². The van der Waals surface area contributed by atoms with Crippen molar-refractivity contribution in [2.45, 2.75) is 146 Å². The molecule has 0 unspecified atom stereocenters. The van der Waals surface area contributed by atoms with Gasteiger partial charge in [0.1, 0.15) is 35.4 Å². The van der Waals surface area contributed by atoms with Gasteiger partial charge in [0.25, 0.3) is 0 Å². The first-order valence-corrected chi connectivity index (χ1v) is 24.4. The van der Waals surface area contributed by atoms with Crippen molar-refractivity contribution in [3.05, 3.63) is 72.3 Å². The zero-order valence-corrected chi connectivity index (χ0v) is 38.1. The van der Waals surface area contributed by atoms with Crippen molar-refractivity contribution in [1.29, 1.82) is 0 Å². The molecule has 4 aliphatic rings. The van der Waals surface area contributed by atoms with E-state index in [-0.39, 0.29) is 36.3 Å². The van der Waals surface area contributed by atoms with E-state index in [1.165, 1.54) is 10.5 Å². The molecular weight excluding hydrogens is 835 g/mol. The Balaban J connectivity index is 0.929. The molecule has 14 nitrogen and oxygen atoms in total. The van der Waals surface area contributed by atoms with Gasteiger partial charge in [-0.15, -0.1) is 0 Å². The Morgan fingerprint density at radius 1 is 1.00 bits per heavy atom. The number of sulfonamides is 1. The summed E-state index contributed by atoms with van der Waals surface area (Å²) >= 11 is 0. The topological polar surface area (TPSA) is 200 Å². The predicted octanol–water partition coefficient (Wildman–Crippen LogP) is 7.96. The van der Waals surface area contributed by atoms with E-state index in [1.807, 2.05) is 54.6 Å². The van der Waals surface area contributed by atoms with Crippen LogP contribution in [0.4, 0.5) is 4.79 Å². The molecule has 8 rings (SSSR count). The summed E-state index contributed by atoms with van der Waals surface area (Å²) in [6.45, 7) is 8.21. The number of alkyl carbamates (subject to hydrolysis) is 1. The summed E-state index contributed by atoms with van der Waals surface area (Å²) in [5.41, 5.74) is 10.4. The van der Waals surface area contributed by atoms with Gasteiger partial charge >= 0.3 is 6.09 Å². The normalized spacial score (nSPS) is 22.5. The van der Waals surface area contributed by atoms with E-state index >= 15 is 0 Å². The molecular formula is C49H61N5O9S. The number of primary amides is 1. The smallest absolute Gasteiger partial charge is 0.408 e. The monoisotopic (exact) mass is 895 g/mol. The number of nitrogens with zero attached hydrogens (tertiary/aromatic N) is 2. The van der Waals surface area contributed by atoms with Crippen LogP contribution < -0.4 is 20.5 Å². The van der Waals surface area contributed by atoms with Gasteiger partial charge in [0.2, 0.25) is 27.7 Å². The number of ether oxygens (including phenoxy) is 2. The second-order valence-corrected chi connectivity index (χ2v) is 21.7. The minimum absolute atomic E-state index is 0.0156. The number of benzene rings is 2. The summed E-state index contributed by atoms with van der Waals surface area (Å²) in [4.78, 5) is 59.7. The summed E-state index contributed by atoms with van der Waals surface area (Å²) < 4.78 is 45.1. The Bertz CT molecular complexity index is 2540. The van der Waals surface area contributed by atoms with Crippen LogP contribution in [0, 0.1) is 11.8 Å². The summed E-state index contributed by atoms with van der Waals surface area (Å²) in [6.07, 6.45) is 11.1. The Kier molecular flexibility index (Phi) is 12.8. The number of furan rings is 1. The van der Waals surface area contributed by atoms with Crippen LogP contribution in [-0.4, -0.2) is 77.7 Å². The molecule has 64 heavy (non-hydrogen) atoms. The number of nitrogens with one attached hydrogen (secondary N) is 2. The third kappa shape index (κ3) is 10.1. The second-order valence-electron chi connectivity index (χ2n) is 19.5. The molecule has 15 heteroatoms. The molecule has 4 fully saturated rings. The molecule has 3 heterocycles. The quantitative estimate of drug-likeness (QED) is 0.0690. The number of allylic oxidation sites excluding steroid dienone is 2. The number of hydrogen-bond acceptors (Lipinski definition) is 10. The summed E-state index contributed by atoms with van der Waals surface area (Å²) in [5, 5.41) is 3.66. The van der Waals surface area contributed by atoms with Crippen molar-refractivity contribution in [1.82, 2.24) is 19.9 Å². The van der Waals surface area contributed by atoms with Crippen LogP contribution >= 0.6 is 0 Å². The SMILES string of the molecule is CC(C)(C)c1ccc(-c2cc(O[C@@H]3C[C@@H](C(N)=O)N(C(=O)[C@H](CCCCC/C=C\[C@@H]4C[C@@H]4C(=O)NS(=O)(=O)C4(C)CC4)NC(=O)OC4CCCC4)C3)c3oc4ccccc4c3n2)cc1. The van der Waals surface area contributed by atoms with E-state index in [0.29, 0.717) is 60.2 Å². The van der Waals surface area contributed by atoms with Crippen molar-refractivity contribution >= 4 is 55.9 Å². The number of hydrogen-bond donors (Lipinski definition) is 3. The zero-order chi connectivity index (χ0) is 45.4. The molecule has 4 N–H and O–H groups in total. The first kappa shape index (κ1) is 45.1. The van der Waals surface area contributed by atoms with Gasteiger partial charge in [-0.2, -0.15) is 0 Å². The van der Waals surface area contributed by atoms with Gasteiger partial charge in [-0.25, -0.2) is 18.2 Å². The van der Waals surface area contributed by atoms with Crippen LogP contribution in [0.5, 0.6) is 5.75 Å². The highest BCUT2D eigenvalue weighted by molar-refractivity contribution is 7.91. The summed E-state index contributed by atoms with van der Waals surface area (Å²) in [6, 6.07) is 15.8. The first-order chi connectivity index (χ1) is 30.5. The Hall–Kier alpha value is -5.44. The maximum atomic E-state index is 14.5. The maximum Gasteiger partial charge on any atom is 0.408 e. The largest absolute Gasteiger partial charge is 0.484 e. The lowest BCUT2D eigenvalue weighted by atomic mass is 9.86. The minimum atomic E-state index is -3.65. The van der Waals surface area contributed by atoms with E-state index < -0.39 is 56.8 Å². The van der Waals surface area contributed by atoms with Crippen LogP contribution in [0.2, 0.25) is 0 Å². The van der Waals surface area contributed by atoms with Gasteiger partial charge in [0.15, 0.2) is 11.3 Å². The number of unbranched alkanes of at least 4 members (excludes halogenated alkanes) is 3. The highest BCUT2D eigenvalue weighted by atomic mass is 32.2. The van der Waals surface area contributed by atoms with E-state index in [9.17, 15) is 27.6 Å². The van der Waals surface area contributed by atoms with E-state index in [0.717, 1.165) is 55.9 Å². The van der Waals surface area contributed by atoms with Crippen LogP contribution in [-0.2, 0) is 34.6 Å². The number of aromatic nitrogens is 1. The van der Waals surface area contributed by atoms with Crippen LogP contribution in [0.3, 0.4) is 0 Å². The van der Waals surface area contributed by atoms with E-state index in [2.05, 4.69) is 42.9 Å². The molecule has 0 spiro atoms. The van der Waals surface area contributed by atoms with Crippen molar-refractivity contribution in [2.75, 3.05) is 6.54 Å². The molecule has 3 aliphatic carbocycles. The Morgan fingerprint density at radius 2 is 1.73 bits per heavy atom. The number of para-hydroxylation sites is 1. The van der Waals surface area contributed by atoms with Gasteiger partial charge in [-0.3, -0.25) is 19.1 Å². The third-order valence-corrected chi connectivity index (χ3v) is 15.6. The molecule has 3 saturated carbocycles. The van der Waals surface area contributed by atoms with Crippen molar-refractivity contribution < 1.29 is 41.5 Å². The average Bonchev–Trinajstić information content (AvgIpc) is 4.01. The number of amides is 4. The van der Waals surface area contributed by atoms with Crippen LogP contribution in [0.15, 0.2) is 71.2 Å².